The van der Waals surface area contributed by atoms with Gasteiger partial charge in [0.25, 0.3) is 0 Å². The molecule has 0 aromatic carbocycles. The van der Waals surface area contributed by atoms with Gasteiger partial charge in [0, 0.05) is 25.7 Å². The Hall–Kier alpha value is -0.0800. The molecule has 1 N–H and O–H groups in total. The van der Waals surface area contributed by atoms with Crippen molar-refractivity contribution in [3.8, 4) is 0 Å². The van der Waals surface area contributed by atoms with Crippen molar-refractivity contribution < 1.29 is 0 Å². The molecular formula is C16H32N2. The second-order valence-electron chi connectivity index (χ2n) is 7.24. The maximum atomic E-state index is 3.70. The third-order valence-corrected chi connectivity index (χ3v) is 4.67. The number of nitrogens with zero attached hydrogens (tertiary/aromatic N) is 1. The lowest BCUT2D eigenvalue weighted by molar-refractivity contribution is 0.112. The van der Waals surface area contributed by atoms with Gasteiger partial charge in [0.2, 0.25) is 0 Å². The van der Waals surface area contributed by atoms with Crippen LogP contribution in [0.25, 0.3) is 0 Å². The predicted molar refractivity (Wildman–Crippen MR) is 78.9 cm³/mol. The van der Waals surface area contributed by atoms with Gasteiger partial charge in [0.1, 0.15) is 0 Å². The van der Waals surface area contributed by atoms with Crippen molar-refractivity contribution in [1.82, 2.24) is 10.2 Å². The topological polar surface area (TPSA) is 15.3 Å². The largest absolute Gasteiger partial charge is 0.314 e. The van der Waals surface area contributed by atoms with E-state index in [-0.39, 0.29) is 0 Å². The van der Waals surface area contributed by atoms with Gasteiger partial charge in [-0.25, -0.2) is 0 Å². The number of hydrogen-bond acceptors (Lipinski definition) is 2. The summed E-state index contributed by atoms with van der Waals surface area (Å²) in [6.45, 7) is 8.40. The SMILES string of the molecule is CC(C)NCC1(CN(C)CC2CC2)CCCCC1. The zero-order valence-corrected chi connectivity index (χ0v) is 12.7. The summed E-state index contributed by atoms with van der Waals surface area (Å²) in [4.78, 5) is 2.62. The normalized spacial score (nSPS) is 23.8. The van der Waals surface area contributed by atoms with E-state index in [1.165, 1.54) is 64.6 Å². The van der Waals surface area contributed by atoms with Gasteiger partial charge in [-0.05, 0) is 44.1 Å². The molecule has 2 aliphatic rings. The van der Waals surface area contributed by atoms with E-state index in [9.17, 15) is 0 Å². The van der Waals surface area contributed by atoms with Crippen molar-refractivity contribution in [2.45, 2.75) is 64.8 Å². The van der Waals surface area contributed by atoms with Crippen LogP contribution in [0.5, 0.6) is 0 Å². The number of nitrogens with one attached hydrogen (secondary N) is 1. The van der Waals surface area contributed by atoms with Crippen LogP contribution >= 0.6 is 0 Å². The summed E-state index contributed by atoms with van der Waals surface area (Å²) in [5, 5.41) is 3.70. The Labute approximate surface area is 114 Å². The summed E-state index contributed by atoms with van der Waals surface area (Å²) in [5.41, 5.74) is 0.562. The Bertz CT molecular complexity index is 239. The van der Waals surface area contributed by atoms with E-state index in [4.69, 9.17) is 0 Å². The summed E-state index contributed by atoms with van der Waals surface area (Å²) in [6, 6.07) is 0.623. The molecule has 0 atom stereocenters. The van der Waals surface area contributed by atoms with E-state index in [0.29, 0.717) is 11.5 Å². The average Bonchev–Trinajstić information content (AvgIpc) is 3.11. The van der Waals surface area contributed by atoms with E-state index in [0.717, 1.165) is 5.92 Å². The molecule has 2 heteroatoms. The first kappa shape index (κ1) is 14.3. The molecule has 0 unspecified atom stereocenters. The Kier molecular flexibility index (Phi) is 5.08. The summed E-state index contributed by atoms with van der Waals surface area (Å²) < 4.78 is 0. The zero-order valence-electron chi connectivity index (χ0n) is 12.7. The lowest BCUT2D eigenvalue weighted by atomic mass is 9.73. The van der Waals surface area contributed by atoms with Crippen LogP contribution in [0.3, 0.4) is 0 Å². The Balaban J connectivity index is 1.85. The van der Waals surface area contributed by atoms with Crippen LogP contribution in [-0.4, -0.2) is 37.6 Å². The minimum atomic E-state index is 0.562. The molecule has 2 rings (SSSR count). The highest BCUT2D eigenvalue weighted by Gasteiger charge is 2.34. The molecule has 0 aromatic rings. The summed E-state index contributed by atoms with van der Waals surface area (Å²) in [6.07, 6.45) is 10.1. The van der Waals surface area contributed by atoms with Crippen LogP contribution in [0.1, 0.15) is 58.8 Å². The molecule has 106 valence electrons. The summed E-state index contributed by atoms with van der Waals surface area (Å²) >= 11 is 0. The molecule has 2 aliphatic carbocycles. The Morgan fingerprint density at radius 2 is 1.83 bits per heavy atom. The van der Waals surface area contributed by atoms with Crippen molar-refractivity contribution in [2.75, 3.05) is 26.7 Å². The summed E-state index contributed by atoms with van der Waals surface area (Å²) in [7, 11) is 2.34. The number of rotatable bonds is 7. The van der Waals surface area contributed by atoms with Gasteiger partial charge >= 0.3 is 0 Å². The van der Waals surface area contributed by atoms with Crippen molar-refractivity contribution in [1.29, 1.82) is 0 Å². The number of hydrogen-bond donors (Lipinski definition) is 1. The van der Waals surface area contributed by atoms with Crippen LogP contribution in [0.15, 0.2) is 0 Å². The van der Waals surface area contributed by atoms with Crippen LogP contribution in [-0.2, 0) is 0 Å². The molecule has 0 amide bonds. The molecule has 0 bridgehead atoms. The second kappa shape index (κ2) is 6.38. The monoisotopic (exact) mass is 252 g/mol. The first-order chi connectivity index (χ1) is 8.60. The van der Waals surface area contributed by atoms with Gasteiger partial charge in [-0.1, -0.05) is 33.1 Å². The second-order valence-corrected chi connectivity index (χ2v) is 7.24. The Morgan fingerprint density at radius 3 is 2.39 bits per heavy atom. The highest BCUT2D eigenvalue weighted by atomic mass is 15.1. The van der Waals surface area contributed by atoms with Crippen molar-refractivity contribution >= 4 is 0 Å². The average molecular weight is 252 g/mol. The fourth-order valence-corrected chi connectivity index (χ4v) is 3.49. The molecular weight excluding hydrogens is 220 g/mol. The first-order valence-corrected chi connectivity index (χ1v) is 8.02. The molecule has 0 spiro atoms. The molecule has 2 saturated carbocycles. The maximum Gasteiger partial charge on any atom is 0.00472 e. The van der Waals surface area contributed by atoms with Gasteiger partial charge in [0.05, 0.1) is 0 Å². The molecule has 0 aliphatic heterocycles. The van der Waals surface area contributed by atoms with Crippen LogP contribution in [0, 0.1) is 11.3 Å². The Morgan fingerprint density at radius 1 is 1.17 bits per heavy atom. The van der Waals surface area contributed by atoms with E-state index >= 15 is 0 Å². The van der Waals surface area contributed by atoms with Gasteiger partial charge in [-0.3, -0.25) is 0 Å². The van der Waals surface area contributed by atoms with Gasteiger partial charge in [-0.15, -0.1) is 0 Å². The van der Waals surface area contributed by atoms with Gasteiger partial charge < -0.3 is 10.2 Å². The quantitative estimate of drug-likeness (QED) is 0.748. The molecule has 2 fully saturated rings. The minimum Gasteiger partial charge on any atom is -0.314 e. The van der Waals surface area contributed by atoms with E-state index in [1.807, 2.05) is 0 Å². The summed E-state index contributed by atoms with van der Waals surface area (Å²) in [5.74, 6) is 1.02. The van der Waals surface area contributed by atoms with Crippen LogP contribution in [0.2, 0.25) is 0 Å². The first-order valence-electron chi connectivity index (χ1n) is 8.02. The molecule has 0 aromatic heterocycles. The zero-order chi connectivity index (χ0) is 13.0. The molecule has 0 heterocycles. The third-order valence-electron chi connectivity index (χ3n) is 4.67. The predicted octanol–water partition coefficient (Wildman–Crippen LogP) is 3.28. The lowest BCUT2D eigenvalue weighted by Crippen LogP contribution is -2.46. The smallest absolute Gasteiger partial charge is 0.00472 e. The van der Waals surface area contributed by atoms with E-state index < -0.39 is 0 Å². The van der Waals surface area contributed by atoms with E-state index in [1.54, 1.807) is 0 Å². The van der Waals surface area contributed by atoms with Gasteiger partial charge in [0.15, 0.2) is 0 Å². The van der Waals surface area contributed by atoms with Crippen molar-refractivity contribution in [3.05, 3.63) is 0 Å². The highest BCUT2D eigenvalue weighted by Crippen LogP contribution is 2.37. The third kappa shape index (κ3) is 4.55. The molecule has 0 saturated heterocycles. The van der Waals surface area contributed by atoms with Crippen LogP contribution in [0.4, 0.5) is 0 Å². The highest BCUT2D eigenvalue weighted by molar-refractivity contribution is 4.89. The van der Waals surface area contributed by atoms with Crippen molar-refractivity contribution in [3.63, 3.8) is 0 Å². The van der Waals surface area contributed by atoms with E-state index in [2.05, 4.69) is 31.1 Å². The standard InChI is InChI=1S/C16H32N2/c1-14(2)17-12-16(9-5-4-6-10-16)13-18(3)11-15-7-8-15/h14-15,17H,4-13H2,1-3H3. The lowest BCUT2D eigenvalue weighted by Gasteiger charge is -2.41. The fourth-order valence-electron chi connectivity index (χ4n) is 3.49. The fraction of sp³-hybridized carbons (Fsp3) is 1.00. The van der Waals surface area contributed by atoms with Gasteiger partial charge in [-0.2, -0.15) is 0 Å². The molecule has 18 heavy (non-hydrogen) atoms. The maximum absolute atomic E-state index is 3.70. The van der Waals surface area contributed by atoms with Crippen LogP contribution < -0.4 is 5.32 Å². The molecule has 0 radical (unpaired) electrons. The molecule has 2 nitrogen and oxygen atoms in total. The van der Waals surface area contributed by atoms with Crippen molar-refractivity contribution in [2.24, 2.45) is 11.3 Å². The minimum absolute atomic E-state index is 0.562.